The van der Waals surface area contributed by atoms with Gasteiger partial charge in [-0.25, -0.2) is 4.98 Å². The first-order chi connectivity index (χ1) is 11.7. The Morgan fingerprint density at radius 3 is 2.68 bits per heavy atom. The van der Waals surface area contributed by atoms with Gasteiger partial charge in [0.05, 0.1) is 5.69 Å². The molecule has 0 atom stereocenters. The highest BCUT2D eigenvalue weighted by Crippen LogP contribution is 2.28. The van der Waals surface area contributed by atoms with Crippen molar-refractivity contribution in [1.29, 1.82) is 0 Å². The van der Waals surface area contributed by atoms with Crippen molar-refractivity contribution in [1.82, 2.24) is 19.6 Å². The minimum Gasteiger partial charge on any atom is -0.314 e. The molecule has 1 saturated heterocycles. The van der Waals surface area contributed by atoms with Crippen LogP contribution in [0.2, 0.25) is 0 Å². The molecule has 0 spiro atoms. The zero-order valence-corrected chi connectivity index (χ0v) is 15.6. The summed E-state index contributed by atoms with van der Waals surface area (Å²) < 4.78 is 1.63. The van der Waals surface area contributed by atoms with E-state index in [1.54, 1.807) is 10.5 Å². The van der Waals surface area contributed by atoms with Gasteiger partial charge in [0.2, 0.25) is 0 Å². The van der Waals surface area contributed by atoms with Crippen molar-refractivity contribution < 1.29 is 0 Å². The van der Waals surface area contributed by atoms with E-state index in [-0.39, 0.29) is 18.0 Å². The lowest BCUT2D eigenvalue weighted by Crippen LogP contribution is -2.42. The second kappa shape index (κ2) is 7.85. The number of aromatic nitrogens is 2. The molecule has 1 aliphatic heterocycles. The predicted octanol–water partition coefficient (Wildman–Crippen LogP) is 2.39. The third-order valence-electron chi connectivity index (χ3n) is 5.23. The first kappa shape index (κ1) is 18.4. The first-order valence-corrected chi connectivity index (χ1v) is 9.12. The Balaban J connectivity index is 0.00000182. The van der Waals surface area contributed by atoms with Gasteiger partial charge in [0, 0.05) is 37.9 Å². The molecular weight excluding hydrogens is 336 g/mol. The molecule has 2 fully saturated rings. The lowest BCUT2D eigenvalue weighted by atomic mass is 10.0. The van der Waals surface area contributed by atoms with Crippen molar-refractivity contribution in [3.63, 3.8) is 0 Å². The molecule has 1 aliphatic carbocycles. The van der Waals surface area contributed by atoms with E-state index in [0.717, 1.165) is 42.5 Å². The zero-order chi connectivity index (χ0) is 16.5. The maximum Gasteiger partial charge on any atom is 0.258 e. The van der Waals surface area contributed by atoms with Gasteiger partial charge in [0.1, 0.15) is 5.65 Å². The molecule has 1 N–H and O–H groups in total. The summed E-state index contributed by atoms with van der Waals surface area (Å²) in [4.78, 5) is 19.4. The molecule has 0 aromatic carbocycles. The van der Waals surface area contributed by atoms with Crippen LogP contribution in [0.25, 0.3) is 5.65 Å². The van der Waals surface area contributed by atoms with E-state index in [4.69, 9.17) is 0 Å². The van der Waals surface area contributed by atoms with Crippen LogP contribution in [-0.2, 0) is 6.54 Å². The van der Waals surface area contributed by atoms with Crippen molar-refractivity contribution in [2.24, 2.45) is 5.92 Å². The Labute approximate surface area is 154 Å². The van der Waals surface area contributed by atoms with Crippen LogP contribution < -0.4 is 10.9 Å². The quantitative estimate of drug-likeness (QED) is 0.887. The average molecular weight is 363 g/mol. The van der Waals surface area contributed by atoms with E-state index >= 15 is 0 Å². The van der Waals surface area contributed by atoms with Crippen LogP contribution >= 0.6 is 12.4 Å². The second-order valence-corrected chi connectivity index (χ2v) is 7.42. The highest BCUT2D eigenvalue weighted by molar-refractivity contribution is 5.85. The maximum atomic E-state index is 12.3. The lowest BCUT2D eigenvalue weighted by Gasteiger charge is -2.32. The van der Waals surface area contributed by atoms with Gasteiger partial charge in [-0.2, -0.15) is 0 Å². The van der Waals surface area contributed by atoms with Crippen LogP contribution in [0.1, 0.15) is 36.9 Å². The van der Waals surface area contributed by atoms with Crippen molar-refractivity contribution in [3.05, 3.63) is 46.0 Å². The fraction of sp³-hybridized carbons (Fsp3) is 0.579. The third-order valence-corrected chi connectivity index (χ3v) is 5.23. The molecule has 0 unspecified atom stereocenters. The van der Waals surface area contributed by atoms with Gasteiger partial charge >= 0.3 is 0 Å². The number of likely N-dealkylation sites (tertiary alicyclic amines) is 1. The Hall–Kier alpha value is -1.43. The monoisotopic (exact) mass is 362 g/mol. The number of hydrogen-bond acceptors (Lipinski definition) is 4. The van der Waals surface area contributed by atoms with Crippen molar-refractivity contribution in [2.75, 3.05) is 19.6 Å². The number of hydrogen-bond donors (Lipinski definition) is 1. The average Bonchev–Trinajstić information content (AvgIpc) is 3.39. The number of rotatable bonds is 5. The largest absolute Gasteiger partial charge is 0.314 e. The number of nitrogens with zero attached hydrogens (tertiary/aromatic N) is 3. The number of pyridine rings is 1. The van der Waals surface area contributed by atoms with Crippen LogP contribution in [0, 0.1) is 12.8 Å². The number of piperidine rings is 1. The second-order valence-electron chi connectivity index (χ2n) is 7.42. The summed E-state index contributed by atoms with van der Waals surface area (Å²) in [5.41, 5.74) is 2.71. The topological polar surface area (TPSA) is 49.6 Å². The fourth-order valence-corrected chi connectivity index (χ4v) is 3.52. The SMILES string of the molecule is Cc1ccc2nc(CN3CCC(NCC4CC4)CC3)cc(=O)n2c1.Cl. The van der Waals surface area contributed by atoms with E-state index < -0.39 is 0 Å². The molecular formula is C19H27ClN4O. The van der Waals surface area contributed by atoms with Crippen molar-refractivity contribution in [3.8, 4) is 0 Å². The van der Waals surface area contributed by atoms with Crippen LogP contribution in [-0.4, -0.2) is 40.0 Å². The minimum absolute atomic E-state index is 0. The molecule has 0 amide bonds. The maximum absolute atomic E-state index is 12.3. The standard InChI is InChI=1S/C19H26N4O.ClH/c1-14-2-5-18-21-17(10-19(24)23(18)12-14)13-22-8-6-16(7-9-22)20-11-15-3-4-15;/h2,5,10,12,15-16,20H,3-4,6-9,11,13H2,1H3;1H. The predicted molar refractivity (Wildman–Crippen MR) is 102 cm³/mol. The Morgan fingerprint density at radius 1 is 1.20 bits per heavy atom. The molecule has 25 heavy (non-hydrogen) atoms. The van der Waals surface area contributed by atoms with Gasteiger partial charge in [-0.15, -0.1) is 12.4 Å². The van der Waals surface area contributed by atoms with Crippen molar-refractivity contribution in [2.45, 2.75) is 45.2 Å². The number of fused-ring (bicyclic) bond motifs is 1. The number of aryl methyl sites for hydroxylation is 1. The summed E-state index contributed by atoms with van der Waals surface area (Å²) in [6.45, 7) is 6.12. The van der Waals surface area contributed by atoms with Crippen molar-refractivity contribution >= 4 is 18.1 Å². The summed E-state index contributed by atoms with van der Waals surface area (Å²) in [5.74, 6) is 0.946. The van der Waals surface area contributed by atoms with Crippen LogP contribution in [0.15, 0.2) is 29.2 Å². The normalized spacial score (nSPS) is 19.1. The molecule has 3 heterocycles. The molecule has 4 rings (SSSR count). The first-order valence-electron chi connectivity index (χ1n) is 9.12. The summed E-state index contributed by atoms with van der Waals surface area (Å²) >= 11 is 0. The van der Waals surface area contributed by atoms with Crippen LogP contribution in [0.3, 0.4) is 0 Å². The van der Waals surface area contributed by atoms with Crippen LogP contribution in [0.5, 0.6) is 0 Å². The van der Waals surface area contributed by atoms with Gasteiger partial charge in [-0.3, -0.25) is 14.1 Å². The highest BCUT2D eigenvalue weighted by Gasteiger charge is 2.24. The van der Waals surface area contributed by atoms with Crippen LogP contribution in [0.4, 0.5) is 0 Å². The summed E-state index contributed by atoms with van der Waals surface area (Å²) in [5, 5.41) is 3.71. The molecule has 2 aliphatic rings. The number of nitrogens with one attached hydrogen (secondary N) is 1. The Morgan fingerprint density at radius 2 is 1.96 bits per heavy atom. The molecule has 2 aromatic heterocycles. The van der Waals surface area contributed by atoms with E-state index in [2.05, 4.69) is 15.2 Å². The lowest BCUT2D eigenvalue weighted by molar-refractivity contribution is 0.188. The van der Waals surface area contributed by atoms with Gasteiger partial charge in [-0.05, 0) is 56.7 Å². The molecule has 1 saturated carbocycles. The Bertz CT molecular complexity index is 779. The van der Waals surface area contributed by atoms with Gasteiger partial charge in [-0.1, -0.05) is 6.07 Å². The summed E-state index contributed by atoms with van der Waals surface area (Å²) in [6, 6.07) is 6.28. The number of halogens is 1. The molecule has 6 heteroatoms. The summed E-state index contributed by atoms with van der Waals surface area (Å²) in [6.07, 6.45) is 7.06. The minimum atomic E-state index is 0. The smallest absolute Gasteiger partial charge is 0.258 e. The highest BCUT2D eigenvalue weighted by atomic mass is 35.5. The van der Waals surface area contributed by atoms with E-state index in [0.29, 0.717) is 6.04 Å². The summed E-state index contributed by atoms with van der Waals surface area (Å²) in [7, 11) is 0. The van der Waals surface area contributed by atoms with E-state index in [1.807, 2.05) is 25.3 Å². The van der Waals surface area contributed by atoms with Gasteiger partial charge < -0.3 is 5.32 Å². The fourth-order valence-electron chi connectivity index (χ4n) is 3.52. The molecule has 2 aromatic rings. The molecule has 5 nitrogen and oxygen atoms in total. The van der Waals surface area contributed by atoms with Gasteiger partial charge in [0.15, 0.2) is 0 Å². The third kappa shape index (κ3) is 4.60. The molecule has 136 valence electrons. The zero-order valence-electron chi connectivity index (χ0n) is 14.8. The molecule has 0 radical (unpaired) electrons. The van der Waals surface area contributed by atoms with E-state index in [1.165, 1.54) is 32.2 Å². The molecule has 0 bridgehead atoms. The van der Waals surface area contributed by atoms with E-state index in [9.17, 15) is 4.79 Å². The van der Waals surface area contributed by atoms with Gasteiger partial charge in [0.25, 0.3) is 5.56 Å². The Kier molecular flexibility index (Phi) is 5.77.